The van der Waals surface area contributed by atoms with Crippen molar-refractivity contribution >= 4 is 11.6 Å². The molecular formula is C14H10ClF3. The first kappa shape index (κ1) is 13.0. The number of benzene rings is 2. The summed E-state index contributed by atoms with van der Waals surface area (Å²) in [6, 6.07) is 12.4. The van der Waals surface area contributed by atoms with Crippen LogP contribution in [0.2, 0.25) is 5.02 Å². The van der Waals surface area contributed by atoms with Gasteiger partial charge < -0.3 is 0 Å². The molecule has 0 atom stereocenters. The number of halogens is 4. The Morgan fingerprint density at radius 3 is 2.17 bits per heavy atom. The summed E-state index contributed by atoms with van der Waals surface area (Å²) in [5.41, 5.74) is 0.944. The summed E-state index contributed by atoms with van der Waals surface area (Å²) in [4.78, 5) is 0. The minimum absolute atomic E-state index is 0.459. The van der Waals surface area contributed by atoms with Crippen molar-refractivity contribution in [3.63, 3.8) is 0 Å². The Morgan fingerprint density at radius 1 is 0.889 bits per heavy atom. The molecule has 0 aliphatic heterocycles. The molecule has 94 valence electrons. The van der Waals surface area contributed by atoms with Crippen LogP contribution in [0, 0.1) is 0 Å². The van der Waals surface area contributed by atoms with E-state index in [0.717, 1.165) is 11.6 Å². The maximum Gasteiger partial charge on any atom is 0.416 e. The summed E-state index contributed by atoms with van der Waals surface area (Å²) >= 11 is 5.75. The van der Waals surface area contributed by atoms with E-state index in [1.165, 1.54) is 12.1 Å². The van der Waals surface area contributed by atoms with E-state index >= 15 is 0 Å². The van der Waals surface area contributed by atoms with E-state index in [-0.39, 0.29) is 0 Å². The molecule has 0 N–H and O–H groups in total. The largest absolute Gasteiger partial charge is 0.416 e. The first-order valence-corrected chi connectivity index (χ1v) is 5.73. The molecule has 0 saturated carbocycles. The zero-order valence-electron chi connectivity index (χ0n) is 9.34. The Hall–Kier alpha value is -1.48. The summed E-state index contributed by atoms with van der Waals surface area (Å²) in [5, 5.41) is 0.614. The van der Waals surface area contributed by atoms with Gasteiger partial charge in [-0.3, -0.25) is 0 Å². The van der Waals surface area contributed by atoms with Crippen LogP contribution < -0.4 is 0 Å². The Labute approximate surface area is 108 Å². The van der Waals surface area contributed by atoms with Crippen LogP contribution in [0.4, 0.5) is 13.2 Å². The van der Waals surface area contributed by atoms with Crippen molar-refractivity contribution in [2.24, 2.45) is 0 Å². The van der Waals surface area contributed by atoms with Crippen LogP contribution >= 0.6 is 11.6 Å². The highest BCUT2D eigenvalue weighted by atomic mass is 35.5. The Balaban J connectivity index is 2.22. The van der Waals surface area contributed by atoms with Gasteiger partial charge in [0.15, 0.2) is 0 Å². The van der Waals surface area contributed by atoms with Crippen molar-refractivity contribution in [1.29, 1.82) is 0 Å². The lowest BCUT2D eigenvalue weighted by molar-refractivity contribution is -0.137. The van der Waals surface area contributed by atoms with Gasteiger partial charge in [0, 0.05) is 5.02 Å². The molecule has 0 aliphatic rings. The molecule has 18 heavy (non-hydrogen) atoms. The highest BCUT2D eigenvalue weighted by Crippen LogP contribution is 2.30. The monoisotopic (exact) mass is 270 g/mol. The molecule has 0 amide bonds. The normalized spacial score (nSPS) is 11.6. The minimum atomic E-state index is -4.30. The van der Waals surface area contributed by atoms with Gasteiger partial charge in [0.2, 0.25) is 0 Å². The van der Waals surface area contributed by atoms with Gasteiger partial charge in [0.25, 0.3) is 0 Å². The molecule has 0 aromatic heterocycles. The Bertz CT molecular complexity index is 529. The second kappa shape index (κ2) is 5.02. The predicted octanol–water partition coefficient (Wildman–Crippen LogP) is 4.95. The van der Waals surface area contributed by atoms with Crippen LogP contribution in [0.5, 0.6) is 0 Å². The maximum atomic E-state index is 12.5. The van der Waals surface area contributed by atoms with E-state index < -0.39 is 11.7 Å². The molecular weight excluding hydrogens is 261 g/mol. The van der Waals surface area contributed by atoms with Crippen molar-refractivity contribution in [3.8, 4) is 0 Å². The maximum absolute atomic E-state index is 12.5. The molecule has 2 rings (SSSR count). The molecule has 0 bridgehead atoms. The highest BCUT2D eigenvalue weighted by molar-refractivity contribution is 6.30. The van der Waals surface area contributed by atoms with Gasteiger partial charge in [-0.25, -0.2) is 0 Å². The average molecular weight is 271 g/mol. The first-order chi connectivity index (χ1) is 8.45. The van der Waals surface area contributed by atoms with Crippen LogP contribution in [0.15, 0.2) is 48.5 Å². The molecule has 0 unspecified atom stereocenters. The second-order valence-corrected chi connectivity index (χ2v) is 4.44. The Kier molecular flexibility index (Phi) is 3.62. The van der Waals surface area contributed by atoms with E-state index in [1.807, 2.05) is 12.1 Å². The fourth-order valence-corrected chi connectivity index (χ4v) is 1.82. The molecule has 0 nitrogen and oxygen atoms in total. The molecule has 0 aliphatic carbocycles. The lowest BCUT2D eigenvalue weighted by atomic mass is 10.0. The zero-order valence-corrected chi connectivity index (χ0v) is 10.1. The third kappa shape index (κ3) is 3.26. The van der Waals surface area contributed by atoms with Crippen molar-refractivity contribution in [2.45, 2.75) is 12.6 Å². The number of hydrogen-bond acceptors (Lipinski definition) is 0. The smallest absolute Gasteiger partial charge is 0.166 e. The number of rotatable bonds is 2. The fraction of sp³-hybridized carbons (Fsp3) is 0.143. The molecule has 2 aromatic carbocycles. The van der Waals surface area contributed by atoms with Crippen LogP contribution in [0.25, 0.3) is 0 Å². The van der Waals surface area contributed by atoms with E-state index in [0.29, 0.717) is 17.0 Å². The minimum Gasteiger partial charge on any atom is -0.166 e. The van der Waals surface area contributed by atoms with Crippen molar-refractivity contribution in [3.05, 3.63) is 70.2 Å². The van der Waals surface area contributed by atoms with E-state index in [2.05, 4.69) is 0 Å². The molecule has 0 spiro atoms. The van der Waals surface area contributed by atoms with Gasteiger partial charge in [-0.05, 0) is 35.7 Å². The topological polar surface area (TPSA) is 0 Å². The van der Waals surface area contributed by atoms with Gasteiger partial charge in [0.1, 0.15) is 0 Å². The van der Waals surface area contributed by atoms with Crippen LogP contribution in [-0.2, 0) is 12.6 Å². The van der Waals surface area contributed by atoms with Crippen molar-refractivity contribution < 1.29 is 13.2 Å². The molecule has 4 heteroatoms. The standard InChI is InChI=1S/C14H10ClF3/c15-13-6-4-10(5-7-13)8-11-2-1-3-12(9-11)14(16,17)18/h1-7,9H,8H2. The quantitative estimate of drug-likeness (QED) is 0.724. The lowest BCUT2D eigenvalue weighted by Gasteiger charge is -2.08. The predicted molar refractivity (Wildman–Crippen MR) is 65.7 cm³/mol. The van der Waals surface area contributed by atoms with Crippen LogP contribution in [0.3, 0.4) is 0 Å². The highest BCUT2D eigenvalue weighted by Gasteiger charge is 2.30. The van der Waals surface area contributed by atoms with Gasteiger partial charge in [-0.1, -0.05) is 41.9 Å². The SMILES string of the molecule is FC(F)(F)c1cccc(Cc2ccc(Cl)cc2)c1. The molecule has 0 fully saturated rings. The van der Waals surface area contributed by atoms with Crippen molar-refractivity contribution in [2.75, 3.05) is 0 Å². The third-order valence-corrected chi connectivity index (χ3v) is 2.83. The average Bonchev–Trinajstić information content (AvgIpc) is 2.31. The van der Waals surface area contributed by atoms with Gasteiger partial charge >= 0.3 is 6.18 Å². The first-order valence-electron chi connectivity index (χ1n) is 5.36. The lowest BCUT2D eigenvalue weighted by Crippen LogP contribution is -2.05. The van der Waals surface area contributed by atoms with Gasteiger partial charge in [-0.2, -0.15) is 13.2 Å². The zero-order chi connectivity index (χ0) is 13.2. The molecule has 0 heterocycles. The second-order valence-electron chi connectivity index (χ2n) is 4.00. The van der Waals surface area contributed by atoms with Gasteiger partial charge in [-0.15, -0.1) is 0 Å². The van der Waals surface area contributed by atoms with Crippen LogP contribution in [0.1, 0.15) is 16.7 Å². The summed E-state index contributed by atoms with van der Waals surface area (Å²) in [5.74, 6) is 0. The summed E-state index contributed by atoms with van der Waals surface area (Å²) in [6.45, 7) is 0. The molecule has 0 saturated heterocycles. The van der Waals surface area contributed by atoms with Gasteiger partial charge in [0.05, 0.1) is 5.56 Å². The number of hydrogen-bond donors (Lipinski definition) is 0. The van der Waals surface area contributed by atoms with Crippen molar-refractivity contribution in [1.82, 2.24) is 0 Å². The summed E-state index contributed by atoms with van der Waals surface area (Å²) in [6.07, 6.45) is -3.84. The van der Waals surface area contributed by atoms with E-state index in [1.54, 1.807) is 18.2 Å². The molecule has 2 aromatic rings. The third-order valence-electron chi connectivity index (χ3n) is 2.58. The summed E-state index contributed by atoms with van der Waals surface area (Å²) < 4.78 is 37.6. The Morgan fingerprint density at radius 2 is 1.56 bits per heavy atom. The van der Waals surface area contributed by atoms with Crippen LogP contribution in [-0.4, -0.2) is 0 Å². The number of alkyl halides is 3. The molecule has 0 radical (unpaired) electrons. The van der Waals surface area contributed by atoms with E-state index in [4.69, 9.17) is 11.6 Å². The fourth-order valence-electron chi connectivity index (χ4n) is 1.70. The van der Waals surface area contributed by atoms with E-state index in [9.17, 15) is 13.2 Å². The summed E-state index contributed by atoms with van der Waals surface area (Å²) in [7, 11) is 0.